The largest absolute Gasteiger partial charge is 0.332 e. The van der Waals surface area contributed by atoms with E-state index in [-0.39, 0.29) is 6.54 Å². The fraction of sp³-hybridized carbons (Fsp3) is 0.143. The van der Waals surface area contributed by atoms with Gasteiger partial charge < -0.3 is 0 Å². The van der Waals surface area contributed by atoms with Gasteiger partial charge in [-0.25, -0.2) is 14.8 Å². The van der Waals surface area contributed by atoms with Gasteiger partial charge in [-0.15, -0.1) is 0 Å². The van der Waals surface area contributed by atoms with Crippen molar-refractivity contribution in [2.75, 3.05) is 0 Å². The molecule has 0 saturated carbocycles. The van der Waals surface area contributed by atoms with E-state index in [2.05, 4.69) is 9.97 Å². The molecule has 0 aliphatic rings. The van der Waals surface area contributed by atoms with Crippen LogP contribution in [0, 0.1) is 6.92 Å². The lowest BCUT2D eigenvalue weighted by Crippen LogP contribution is -2.39. The molecule has 0 fully saturated rings. The standard InChI is InChI=1S/C21H17ClN4O2/c1-13-3-7-15(8-4-13)18-23-11-17-19(24-18)25(2)21(28)26(20(17)27)12-14-5-9-16(22)10-6-14/h3-11H,12H2,1-2H3. The van der Waals surface area contributed by atoms with E-state index in [1.807, 2.05) is 31.2 Å². The van der Waals surface area contributed by atoms with Gasteiger partial charge in [0, 0.05) is 23.8 Å². The molecular weight excluding hydrogens is 376 g/mol. The fourth-order valence-corrected chi connectivity index (χ4v) is 3.16. The van der Waals surface area contributed by atoms with Gasteiger partial charge >= 0.3 is 5.69 Å². The predicted molar refractivity (Wildman–Crippen MR) is 110 cm³/mol. The third kappa shape index (κ3) is 3.23. The van der Waals surface area contributed by atoms with Gasteiger partial charge in [-0.1, -0.05) is 53.6 Å². The second-order valence-electron chi connectivity index (χ2n) is 6.66. The Balaban J connectivity index is 1.85. The number of aromatic nitrogens is 4. The summed E-state index contributed by atoms with van der Waals surface area (Å²) in [5, 5.41) is 0.895. The van der Waals surface area contributed by atoms with Gasteiger partial charge in [0.25, 0.3) is 5.56 Å². The number of fused-ring (bicyclic) bond motifs is 1. The monoisotopic (exact) mass is 392 g/mol. The van der Waals surface area contributed by atoms with Gasteiger partial charge in [-0.2, -0.15) is 0 Å². The highest BCUT2D eigenvalue weighted by molar-refractivity contribution is 6.30. The van der Waals surface area contributed by atoms with Crippen LogP contribution in [0.5, 0.6) is 0 Å². The molecule has 0 atom stereocenters. The van der Waals surface area contributed by atoms with E-state index in [0.29, 0.717) is 21.9 Å². The maximum atomic E-state index is 12.9. The first-order valence-corrected chi connectivity index (χ1v) is 9.10. The highest BCUT2D eigenvalue weighted by Crippen LogP contribution is 2.17. The molecule has 2 heterocycles. The first-order chi connectivity index (χ1) is 13.4. The minimum absolute atomic E-state index is 0.151. The van der Waals surface area contributed by atoms with Crippen molar-refractivity contribution in [1.82, 2.24) is 19.1 Å². The van der Waals surface area contributed by atoms with Gasteiger partial charge in [-0.05, 0) is 24.6 Å². The molecule has 4 rings (SSSR count). The minimum Gasteiger partial charge on any atom is -0.280 e. The van der Waals surface area contributed by atoms with E-state index in [1.54, 1.807) is 31.3 Å². The van der Waals surface area contributed by atoms with E-state index in [1.165, 1.54) is 15.3 Å². The van der Waals surface area contributed by atoms with E-state index < -0.39 is 11.2 Å². The maximum Gasteiger partial charge on any atom is 0.332 e. The molecule has 2 aromatic carbocycles. The molecule has 28 heavy (non-hydrogen) atoms. The molecule has 0 spiro atoms. The molecule has 4 aromatic rings. The topological polar surface area (TPSA) is 69.8 Å². The molecule has 0 N–H and O–H groups in total. The first-order valence-electron chi connectivity index (χ1n) is 8.72. The van der Waals surface area contributed by atoms with Crippen molar-refractivity contribution in [2.24, 2.45) is 7.05 Å². The van der Waals surface area contributed by atoms with Crippen LogP contribution in [0.4, 0.5) is 0 Å². The molecule has 140 valence electrons. The maximum absolute atomic E-state index is 12.9. The zero-order chi connectivity index (χ0) is 19.8. The summed E-state index contributed by atoms with van der Waals surface area (Å²) in [6.45, 7) is 2.15. The third-order valence-electron chi connectivity index (χ3n) is 4.64. The third-order valence-corrected chi connectivity index (χ3v) is 4.90. The number of halogens is 1. The van der Waals surface area contributed by atoms with Crippen molar-refractivity contribution in [2.45, 2.75) is 13.5 Å². The number of hydrogen-bond donors (Lipinski definition) is 0. The summed E-state index contributed by atoms with van der Waals surface area (Å²) < 4.78 is 2.56. The molecule has 7 heteroatoms. The Hall–Kier alpha value is -3.25. The van der Waals surface area contributed by atoms with Gasteiger partial charge in [0.2, 0.25) is 0 Å². The number of aryl methyl sites for hydroxylation is 2. The highest BCUT2D eigenvalue weighted by Gasteiger charge is 2.14. The Labute approximate surface area is 165 Å². The van der Waals surface area contributed by atoms with Crippen molar-refractivity contribution in [3.05, 3.63) is 91.7 Å². The van der Waals surface area contributed by atoms with Crippen LogP contribution in [0.25, 0.3) is 22.4 Å². The SMILES string of the molecule is Cc1ccc(-c2ncc3c(=O)n(Cc4ccc(Cl)cc4)c(=O)n(C)c3n2)cc1. The van der Waals surface area contributed by atoms with Crippen LogP contribution >= 0.6 is 11.6 Å². The molecule has 0 unspecified atom stereocenters. The Bertz CT molecular complexity index is 1290. The number of hydrogen-bond acceptors (Lipinski definition) is 4. The molecule has 0 aliphatic carbocycles. The Kier molecular flexibility index (Phi) is 4.57. The van der Waals surface area contributed by atoms with Crippen molar-refractivity contribution >= 4 is 22.6 Å². The lowest BCUT2D eigenvalue weighted by molar-refractivity contribution is 0.656. The van der Waals surface area contributed by atoms with Crippen LogP contribution in [0.1, 0.15) is 11.1 Å². The van der Waals surface area contributed by atoms with Gasteiger partial charge in [-0.3, -0.25) is 13.9 Å². The zero-order valence-electron chi connectivity index (χ0n) is 15.4. The zero-order valence-corrected chi connectivity index (χ0v) is 16.1. The second kappa shape index (κ2) is 7.05. The highest BCUT2D eigenvalue weighted by atomic mass is 35.5. The summed E-state index contributed by atoms with van der Waals surface area (Å²) in [5.41, 5.74) is 2.23. The normalized spacial score (nSPS) is 11.1. The van der Waals surface area contributed by atoms with Crippen LogP contribution in [-0.4, -0.2) is 19.1 Å². The van der Waals surface area contributed by atoms with Gasteiger partial charge in [0.05, 0.1) is 6.54 Å². The first kappa shape index (κ1) is 18.1. The van der Waals surface area contributed by atoms with Crippen LogP contribution in [-0.2, 0) is 13.6 Å². The Morgan fingerprint density at radius 3 is 2.36 bits per heavy atom. The number of rotatable bonds is 3. The van der Waals surface area contributed by atoms with Crippen molar-refractivity contribution in [1.29, 1.82) is 0 Å². The Morgan fingerprint density at radius 1 is 1.00 bits per heavy atom. The molecule has 0 saturated heterocycles. The van der Waals surface area contributed by atoms with Gasteiger partial charge in [0.15, 0.2) is 11.5 Å². The van der Waals surface area contributed by atoms with Crippen LogP contribution < -0.4 is 11.2 Å². The average Bonchev–Trinajstić information content (AvgIpc) is 2.71. The molecule has 0 bridgehead atoms. The van der Waals surface area contributed by atoms with E-state index >= 15 is 0 Å². The van der Waals surface area contributed by atoms with Crippen LogP contribution in [0.2, 0.25) is 5.02 Å². The predicted octanol–water partition coefficient (Wildman–Crippen LogP) is 3.17. The second-order valence-corrected chi connectivity index (χ2v) is 7.09. The quantitative estimate of drug-likeness (QED) is 0.537. The molecule has 0 amide bonds. The molecular formula is C21H17ClN4O2. The van der Waals surface area contributed by atoms with Crippen molar-refractivity contribution in [3.63, 3.8) is 0 Å². The summed E-state index contributed by atoms with van der Waals surface area (Å²) in [7, 11) is 1.61. The smallest absolute Gasteiger partial charge is 0.280 e. The molecule has 2 aromatic heterocycles. The number of benzene rings is 2. The summed E-state index contributed by atoms with van der Waals surface area (Å²) in [5.74, 6) is 0.470. The minimum atomic E-state index is -0.430. The lowest BCUT2D eigenvalue weighted by atomic mass is 10.1. The summed E-state index contributed by atoms with van der Waals surface area (Å²) in [4.78, 5) is 34.5. The van der Waals surface area contributed by atoms with Crippen LogP contribution in [0.15, 0.2) is 64.3 Å². The lowest BCUT2D eigenvalue weighted by Gasteiger charge is -2.11. The molecule has 0 aliphatic heterocycles. The van der Waals surface area contributed by atoms with Crippen molar-refractivity contribution < 1.29 is 0 Å². The summed E-state index contributed by atoms with van der Waals surface area (Å²) in [6.07, 6.45) is 1.48. The Morgan fingerprint density at radius 2 is 1.68 bits per heavy atom. The molecule has 0 radical (unpaired) electrons. The fourth-order valence-electron chi connectivity index (χ4n) is 3.04. The summed E-state index contributed by atoms with van der Waals surface area (Å²) in [6, 6.07) is 14.8. The van der Waals surface area contributed by atoms with E-state index in [9.17, 15) is 9.59 Å². The van der Waals surface area contributed by atoms with E-state index in [4.69, 9.17) is 11.6 Å². The summed E-state index contributed by atoms with van der Waals surface area (Å²) >= 11 is 5.90. The van der Waals surface area contributed by atoms with Crippen molar-refractivity contribution in [3.8, 4) is 11.4 Å². The average molecular weight is 393 g/mol. The number of nitrogens with zero attached hydrogens (tertiary/aromatic N) is 4. The van der Waals surface area contributed by atoms with E-state index in [0.717, 1.165) is 16.7 Å². The van der Waals surface area contributed by atoms with Crippen LogP contribution in [0.3, 0.4) is 0 Å². The molecule has 6 nitrogen and oxygen atoms in total. The van der Waals surface area contributed by atoms with Gasteiger partial charge in [0.1, 0.15) is 5.39 Å².